The maximum atomic E-state index is 11.9. The van der Waals surface area contributed by atoms with Crippen LogP contribution in [0.3, 0.4) is 0 Å². The third-order valence-corrected chi connectivity index (χ3v) is 4.14. The molecule has 1 fully saturated rings. The van der Waals surface area contributed by atoms with Gasteiger partial charge in [-0.05, 0) is 39.2 Å². The molecule has 5 nitrogen and oxygen atoms in total. The number of benzene rings is 1. The van der Waals surface area contributed by atoms with E-state index in [1.807, 2.05) is 45.9 Å². The number of aromatic nitrogens is 2. The zero-order valence-corrected chi connectivity index (χ0v) is 11.5. The van der Waals surface area contributed by atoms with Gasteiger partial charge < -0.3 is 9.31 Å². The van der Waals surface area contributed by atoms with Crippen LogP contribution < -0.4 is 11.0 Å². The lowest BCUT2D eigenvalue weighted by molar-refractivity contribution is 0.00578. The summed E-state index contributed by atoms with van der Waals surface area (Å²) in [4.78, 5) is 11.9. The predicted octanol–water partition coefficient (Wildman–Crippen LogP) is 1.16. The van der Waals surface area contributed by atoms with Gasteiger partial charge in [0.25, 0.3) is 5.56 Å². The summed E-state index contributed by atoms with van der Waals surface area (Å²) in [5.74, 6) is 0. The van der Waals surface area contributed by atoms with Gasteiger partial charge in [0.2, 0.25) is 0 Å². The first-order chi connectivity index (χ1) is 8.82. The molecule has 0 amide bonds. The maximum absolute atomic E-state index is 11.9. The molecule has 1 aliphatic heterocycles. The van der Waals surface area contributed by atoms with Gasteiger partial charge in [-0.1, -0.05) is 12.1 Å². The van der Waals surface area contributed by atoms with E-state index in [-0.39, 0.29) is 5.56 Å². The van der Waals surface area contributed by atoms with Crippen molar-refractivity contribution in [3.8, 4) is 0 Å². The van der Waals surface area contributed by atoms with Crippen LogP contribution in [0.25, 0.3) is 10.9 Å². The molecule has 3 rings (SSSR count). The highest BCUT2D eigenvalue weighted by Crippen LogP contribution is 2.36. The average Bonchev–Trinajstić information content (AvgIpc) is 2.78. The lowest BCUT2D eigenvalue weighted by atomic mass is 9.77. The van der Waals surface area contributed by atoms with Crippen LogP contribution in [-0.2, 0) is 9.31 Å². The van der Waals surface area contributed by atoms with Crippen molar-refractivity contribution in [2.75, 3.05) is 0 Å². The number of rotatable bonds is 1. The summed E-state index contributed by atoms with van der Waals surface area (Å²) in [7, 11) is -0.523. The van der Waals surface area contributed by atoms with E-state index in [1.165, 1.54) is 0 Å². The van der Waals surface area contributed by atoms with Crippen LogP contribution in [0, 0.1) is 0 Å². The van der Waals surface area contributed by atoms with E-state index < -0.39 is 18.3 Å². The number of hydrogen-bond acceptors (Lipinski definition) is 3. The molecular weight excluding hydrogens is 243 g/mol. The second-order valence-electron chi connectivity index (χ2n) is 5.94. The minimum Gasteiger partial charge on any atom is -0.399 e. The van der Waals surface area contributed by atoms with Crippen LogP contribution in [0.4, 0.5) is 0 Å². The molecule has 19 heavy (non-hydrogen) atoms. The lowest BCUT2D eigenvalue weighted by Crippen LogP contribution is -2.41. The third kappa shape index (κ3) is 1.75. The smallest absolute Gasteiger partial charge is 0.399 e. The quantitative estimate of drug-likeness (QED) is 0.756. The molecule has 0 atom stereocenters. The Morgan fingerprint density at radius 2 is 1.68 bits per heavy atom. The van der Waals surface area contributed by atoms with Crippen LogP contribution >= 0.6 is 0 Å². The van der Waals surface area contributed by atoms with Crippen molar-refractivity contribution in [2.24, 2.45) is 0 Å². The monoisotopic (exact) mass is 260 g/mol. The molecule has 0 radical (unpaired) electrons. The van der Waals surface area contributed by atoms with Gasteiger partial charge in [0.1, 0.15) is 0 Å². The highest BCUT2D eigenvalue weighted by molar-refractivity contribution is 6.65. The molecule has 2 N–H and O–H groups in total. The second kappa shape index (κ2) is 3.74. The normalized spacial score (nSPS) is 21.2. The van der Waals surface area contributed by atoms with Crippen LogP contribution in [0.1, 0.15) is 27.7 Å². The largest absolute Gasteiger partial charge is 0.495 e. The number of aromatic amines is 2. The standard InChI is InChI=1S/C13H17BN2O3/c1-12(2)13(3,4)19-14(18-12)8-6-5-7-9-10(8)11(17)16-15-9/h5-7H,1-4H3,(H2,15,16,17). The van der Waals surface area contributed by atoms with E-state index in [4.69, 9.17) is 9.31 Å². The molecule has 0 saturated carbocycles. The lowest BCUT2D eigenvalue weighted by Gasteiger charge is -2.32. The van der Waals surface area contributed by atoms with Crippen LogP contribution in [0.15, 0.2) is 23.0 Å². The fourth-order valence-electron chi connectivity index (χ4n) is 2.28. The zero-order valence-electron chi connectivity index (χ0n) is 11.5. The molecule has 0 unspecified atom stereocenters. The molecule has 0 bridgehead atoms. The van der Waals surface area contributed by atoms with Gasteiger partial charge >= 0.3 is 7.12 Å². The van der Waals surface area contributed by atoms with Crippen LogP contribution in [0.2, 0.25) is 0 Å². The van der Waals surface area contributed by atoms with Crippen molar-refractivity contribution in [1.29, 1.82) is 0 Å². The highest BCUT2D eigenvalue weighted by atomic mass is 16.7. The van der Waals surface area contributed by atoms with Crippen LogP contribution in [-0.4, -0.2) is 28.5 Å². The van der Waals surface area contributed by atoms with Crippen molar-refractivity contribution in [1.82, 2.24) is 10.2 Å². The minimum atomic E-state index is -0.523. The average molecular weight is 260 g/mol. The number of hydrogen-bond donors (Lipinski definition) is 2. The molecule has 2 heterocycles. The van der Waals surface area contributed by atoms with E-state index in [9.17, 15) is 4.79 Å². The molecule has 0 aliphatic carbocycles. The first kappa shape index (κ1) is 12.5. The van der Waals surface area contributed by atoms with E-state index in [0.29, 0.717) is 5.39 Å². The highest BCUT2D eigenvalue weighted by Gasteiger charge is 2.52. The topological polar surface area (TPSA) is 67.1 Å². The summed E-state index contributed by atoms with van der Waals surface area (Å²) in [6.45, 7) is 7.98. The fraction of sp³-hybridized carbons (Fsp3) is 0.462. The predicted molar refractivity (Wildman–Crippen MR) is 74.6 cm³/mol. The molecule has 100 valence electrons. The Balaban J connectivity index is 2.12. The maximum Gasteiger partial charge on any atom is 0.495 e. The Bertz CT molecular complexity index is 670. The third-order valence-electron chi connectivity index (χ3n) is 4.14. The van der Waals surface area contributed by atoms with Gasteiger partial charge in [0.15, 0.2) is 0 Å². The second-order valence-corrected chi connectivity index (χ2v) is 5.94. The molecule has 0 spiro atoms. The summed E-state index contributed by atoms with van der Waals surface area (Å²) >= 11 is 0. The summed E-state index contributed by atoms with van der Waals surface area (Å²) < 4.78 is 12.0. The number of H-pyrrole nitrogens is 2. The Kier molecular flexibility index (Phi) is 2.46. The SMILES string of the molecule is CC1(C)OB(c2cccc3[nH][nH]c(=O)c23)OC1(C)C. The summed E-state index contributed by atoms with van der Waals surface area (Å²) in [5, 5.41) is 6.03. The minimum absolute atomic E-state index is 0.152. The Morgan fingerprint density at radius 3 is 2.32 bits per heavy atom. The van der Waals surface area contributed by atoms with Gasteiger partial charge in [0.05, 0.1) is 22.1 Å². The van der Waals surface area contributed by atoms with Crippen molar-refractivity contribution in [2.45, 2.75) is 38.9 Å². The Hall–Kier alpha value is -1.53. The van der Waals surface area contributed by atoms with Crippen molar-refractivity contribution in [3.63, 3.8) is 0 Å². The number of fused-ring (bicyclic) bond motifs is 1. The van der Waals surface area contributed by atoms with Gasteiger partial charge in [-0.2, -0.15) is 0 Å². The van der Waals surface area contributed by atoms with Gasteiger partial charge in [-0.25, -0.2) is 0 Å². The first-order valence-corrected chi connectivity index (χ1v) is 6.37. The van der Waals surface area contributed by atoms with E-state index in [0.717, 1.165) is 11.0 Å². The molecule has 1 saturated heterocycles. The molecule has 2 aromatic rings. The van der Waals surface area contributed by atoms with Gasteiger partial charge in [-0.3, -0.25) is 15.0 Å². The van der Waals surface area contributed by atoms with Crippen LogP contribution in [0.5, 0.6) is 0 Å². The van der Waals surface area contributed by atoms with E-state index in [1.54, 1.807) is 0 Å². The van der Waals surface area contributed by atoms with Crippen molar-refractivity contribution < 1.29 is 9.31 Å². The van der Waals surface area contributed by atoms with Gasteiger partial charge in [0, 0.05) is 0 Å². The molecule has 1 aromatic carbocycles. The number of nitrogens with one attached hydrogen (secondary N) is 2. The first-order valence-electron chi connectivity index (χ1n) is 6.37. The zero-order chi connectivity index (χ0) is 13.8. The van der Waals surface area contributed by atoms with E-state index in [2.05, 4.69) is 10.2 Å². The molecular formula is C13H17BN2O3. The van der Waals surface area contributed by atoms with Crippen molar-refractivity contribution in [3.05, 3.63) is 28.6 Å². The van der Waals surface area contributed by atoms with Gasteiger partial charge in [-0.15, -0.1) is 0 Å². The summed E-state index contributed by atoms with van der Waals surface area (Å²) in [6.07, 6.45) is 0. The molecule has 6 heteroatoms. The Labute approximate surface area is 111 Å². The summed E-state index contributed by atoms with van der Waals surface area (Å²) in [6, 6.07) is 5.60. The Morgan fingerprint density at radius 1 is 1.05 bits per heavy atom. The molecule has 1 aromatic heterocycles. The fourth-order valence-corrected chi connectivity index (χ4v) is 2.28. The summed E-state index contributed by atoms with van der Waals surface area (Å²) in [5.41, 5.74) is 0.544. The van der Waals surface area contributed by atoms with E-state index >= 15 is 0 Å². The van der Waals surface area contributed by atoms with Crippen molar-refractivity contribution >= 4 is 23.5 Å². The molecule has 1 aliphatic rings.